The number of rotatable bonds is 4. The molecule has 0 aliphatic carbocycles. The monoisotopic (exact) mass is 299 g/mol. The molecule has 1 saturated heterocycles. The van der Waals surface area contributed by atoms with Gasteiger partial charge in [0.25, 0.3) is 0 Å². The zero-order chi connectivity index (χ0) is 15.5. The number of fused-ring (bicyclic) bond motifs is 1. The number of aldehydes is 1. The van der Waals surface area contributed by atoms with Crippen LogP contribution in [-0.4, -0.2) is 66.6 Å². The summed E-state index contributed by atoms with van der Waals surface area (Å²) >= 11 is 0. The van der Waals surface area contributed by atoms with E-state index in [1.807, 2.05) is 24.4 Å². The molecule has 1 aromatic carbocycles. The van der Waals surface area contributed by atoms with Gasteiger partial charge in [-0.25, -0.2) is 0 Å². The van der Waals surface area contributed by atoms with Gasteiger partial charge in [-0.2, -0.15) is 5.10 Å². The van der Waals surface area contributed by atoms with Crippen LogP contribution in [0.3, 0.4) is 0 Å². The van der Waals surface area contributed by atoms with E-state index in [1.54, 1.807) is 0 Å². The summed E-state index contributed by atoms with van der Waals surface area (Å²) in [4.78, 5) is 19.2. The van der Waals surface area contributed by atoms with Crippen molar-refractivity contribution in [1.82, 2.24) is 14.8 Å². The van der Waals surface area contributed by atoms with E-state index in [1.165, 1.54) is 0 Å². The van der Waals surface area contributed by atoms with Crippen molar-refractivity contribution in [3.05, 3.63) is 35.5 Å². The summed E-state index contributed by atoms with van der Waals surface area (Å²) in [6, 6.07) is 5.64. The first-order chi connectivity index (χ1) is 10.7. The predicted molar refractivity (Wildman–Crippen MR) is 88.3 cm³/mol. The zero-order valence-corrected chi connectivity index (χ0v) is 12.7. The lowest BCUT2D eigenvalue weighted by molar-refractivity contribution is 0.112. The summed E-state index contributed by atoms with van der Waals surface area (Å²) in [7, 11) is 2.13. The molecule has 22 heavy (non-hydrogen) atoms. The Labute approximate surface area is 129 Å². The average molecular weight is 299 g/mol. The van der Waals surface area contributed by atoms with Gasteiger partial charge in [-0.1, -0.05) is 12.1 Å². The number of H-pyrrole nitrogens is 1. The molecule has 0 spiro atoms. The van der Waals surface area contributed by atoms with Gasteiger partial charge in [0.05, 0.1) is 5.71 Å². The maximum atomic E-state index is 11.3. The molecule has 0 unspecified atom stereocenters. The van der Waals surface area contributed by atoms with Crippen LogP contribution in [0.5, 0.6) is 0 Å². The van der Waals surface area contributed by atoms with Crippen LogP contribution in [0.2, 0.25) is 0 Å². The number of hydrazone groups is 1. The first kappa shape index (κ1) is 14.7. The number of carbonyl (C=O) groups excluding carboxylic acids is 1. The van der Waals surface area contributed by atoms with Crippen molar-refractivity contribution < 1.29 is 4.79 Å². The van der Waals surface area contributed by atoms with E-state index in [0.29, 0.717) is 12.1 Å². The molecule has 116 valence electrons. The Hall–Kier alpha value is -2.18. The molecule has 0 saturated carbocycles. The van der Waals surface area contributed by atoms with Crippen molar-refractivity contribution in [3.63, 3.8) is 0 Å². The number of nitrogens with one attached hydrogen (secondary N) is 1. The molecule has 0 radical (unpaired) electrons. The molecule has 1 aliphatic rings. The van der Waals surface area contributed by atoms with Gasteiger partial charge < -0.3 is 15.7 Å². The predicted octanol–water partition coefficient (Wildman–Crippen LogP) is 0.891. The van der Waals surface area contributed by atoms with Gasteiger partial charge in [0, 0.05) is 61.0 Å². The number of hydrogen-bond donors (Lipinski definition) is 2. The van der Waals surface area contributed by atoms with Crippen LogP contribution in [0.1, 0.15) is 15.9 Å². The summed E-state index contributed by atoms with van der Waals surface area (Å²) in [5.74, 6) is 5.64. The van der Waals surface area contributed by atoms with Crippen LogP contribution in [0, 0.1) is 0 Å². The minimum absolute atomic E-state index is 0.660. The van der Waals surface area contributed by atoms with Crippen LogP contribution >= 0.6 is 0 Å². The SMILES string of the molecule is CN1CCN(C/C(=N/N)c2c[nH]c3cccc(C=O)c23)CC1. The van der Waals surface area contributed by atoms with E-state index in [0.717, 1.165) is 54.6 Å². The Morgan fingerprint density at radius 3 is 2.82 bits per heavy atom. The van der Waals surface area contributed by atoms with Crippen molar-refractivity contribution in [1.29, 1.82) is 0 Å². The van der Waals surface area contributed by atoms with Gasteiger partial charge in [0.2, 0.25) is 0 Å². The highest BCUT2D eigenvalue weighted by Crippen LogP contribution is 2.22. The fourth-order valence-corrected chi connectivity index (χ4v) is 2.95. The van der Waals surface area contributed by atoms with Gasteiger partial charge in [0.1, 0.15) is 0 Å². The molecule has 1 fully saturated rings. The summed E-state index contributed by atoms with van der Waals surface area (Å²) in [5.41, 5.74) is 3.32. The Morgan fingerprint density at radius 2 is 2.14 bits per heavy atom. The highest BCUT2D eigenvalue weighted by atomic mass is 16.1. The van der Waals surface area contributed by atoms with Crippen LogP contribution in [-0.2, 0) is 0 Å². The van der Waals surface area contributed by atoms with Crippen molar-refractivity contribution in [2.45, 2.75) is 0 Å². The Bertz CT molecular complexity index is 698. The van der Waals surface area contributed by atoms with Crippen molar-refractivity contribution in [3.8, 4) is 0 Å². The molecule has 1 aromatic heterocycles. The molecule has 0 amide bonds. The van der Waals surface area contributed by atoms with E-state index in [-0.39, 0.29) is 0 Å². The lowest BCUT2D eigenvalue weighted by Gasteiger charge is -2.32. The summed E-state index contributed by atoms with van der Waals surface area (Å²) in [5, 5.41) is 4.89. The van der Waals surface area contributed by atoms with Gasteiger partial charge in [0.15, 0.2) is 6.29 Å². The largest absolute Gasteiger partial charge is 0.360 e. The third-order valence-corrected chi connectivity index (χ3v) is 4.30. The number of hydrogen-bond acceptors (Lipinski definition) is 5. The highest BCUT2D eigenvalue weighted by Gasteiger charge is 2.19. The van der Waals surface area contributed by atoms with Gasteiger partial charge in [-0.3, -0.25) is 9.69 Å². The number of nitrogens with zero attached hydrogens (tertiary/aromatic N) is 3. The van der Waals surface area contributed by atoms with E-state index in [9.17, 15) is 4.79 Å². The summed E-state index contributed by atoms with van der Waals surface area (Å²) in [6.45, 7) is 4.79. The second-order valence-corrected chi connectivity index (χ2v) is 5.75. The van der Waals surface area contributed by atoms with Crippen LogP contribution < -0.4 is 5.84 Å². The van der Waals surface area contributed by atoms with Crippen molar-refractivity contribution in [2.24, 2.45) is 10.9 Å². The van der Waals surface area contributed by atoms with Crippen LogP contribution in [0.25, 0.3) is 10.9 Å². The lowest BCUT2D eigenvalue weighted by Crippen LogP contribution is -2.46. The number of likely N-dealkylation sites (N-methyl/N-ethyl adjacent to an activating group) is 1. The number of piperazine rings is 1. The molecular formula is C16H21N5O. The van der Waals surface area contributed by atoms with Gasteiger partial charge >= 0.3 is 0 Å². The maximum absolute atomic E-state index is 11.3. The first-order valence-corrected chi connectivity index (χ1v) is 7.46. The topological polar surface area (TPSA) is 77.7 Å². The molecule has 3 N–H and O–H groups in total. The summed E-state index contributed by atoms with van der Waals surface area (Å²) < 4.78 is 0. The third kappa shape index (κ3) is 2.75. The minimum Gasteiger partial charge on any atom is -0.360 e. The Morgan fingerprint density at radius 1 is 1.36 bits per heavy atom. The quantitative estimate of drug-likeness (QED) is 0.380. The molecule has 2 heterocycles. The molecule has 0 atom stereocenters. The van der Waals surface area contributed by atoms with Gasteiger partial charge in [-0.05, 0) is 13.1 Å². The van der Waals surface area contributed by atoms with E-state index in [4.69, 9.17) is 5.84 Å². The first-order valence-electron chi connectivity index (χ1n) is 7.46. The standard InChI is InChI=1S/C16H21N5O/c1-20-5-7-21(8-6-20)10-15(19-17)13-9-18-14-4-2-3-12(11-22)16(13)14/h2-4,9,11,18H,5-8,10,17H2,1H3/b19-15-. The van der Waals surface area contributed by atoms with Crippen molar-refractivity contribution >= 4 is 22.9 Å². The number of aromatic amines is 1. The minimum atomic E-state index is 0.660. The molecule has 3 rings (SSSR count). The molecule has 2 aromatic rings. The average Bonchev–Trinajstić information content (AvgIpc) is 2.98. The second kappa shape index (κ2) is 6.29. The lowest BCUT2D eigenvalue weighted by atomic mass is 10.0. The Kier molecular flexibility index (Phi) is 4.22. The summed E-state index contributed by atoms with van der Waals surface area (Å²) in [6.07, 6.45) is 2.77. The van der Waals surface area contributed by atoms with Crippen molar-refractivity contribution in [2.75, 3.05) is 39.8 Å². The fraction of sp³-hybridized carbons (Fsp3) is 0.375. The van der Waals surface area contributed by atoms with E-state index in [2.05, 4.69) is 26.9 Å². The molecular weight excluding hydrogens is 278 g/mol. The molecule has 6 nitrogen and oxygen atoms in total. The molecule has 6 heteroatoms. The number of aromatic nitrogens is 1. The number of nitrogens with two attached hydrogens (primary N) is 1. The molecule has 0 bridgehead atoms. The number of benzene rings is 1. The van der Waals surface area contributed by atoms with E-state index < -0.39 is 0 Å². The zero-order valence-electron chi connectivity index (χ0n) is 12.7. The van der Waals surface area contributed by atoms with E-state index >= 15 is 0 Å². The second-order valence-electron chi connectivity index (χ2n) is 5.75. The van der Waals surface area contributed by atoms with Crippen LogP contribution in [0.4, 0.5) is 0 Å². The van der Waals surface area contributed by atoms with Gasteiger partial charge in [-0.15, -0.1) is 0 Å². The fourth-order valence-electron chi connectivity index (χ4n) is 2.95. The highest BCUT2D eigenvalue weighted by molar-refractivity contribution is 6.15. The number of carbonyl (C=O) groups is 1. The van der Waals surface area contributed by atoms with Crippen LogP contribution in [0.15, 0.2) is 29.5 Å². The Balaban J connectivity index is 1.90. The normalized spacial score (nSPS) is 18.0. The molecule has 1 aliphatic heterocycles. The third-order valence-electron chi connectivity index (χ3n) is 4.30. The maximum Gasteiger partial charge on any atom is 0.150 e. The smallest absolute Gasteiger partial charge is 0.150 e.